The van der Waals surface area contributed by atoms with E-state index in [2.05, 4.69) is 5.32 Å². The van der Waals surface area contributed by atoms with Crippen molar-refractivity contribution >= 4 is 29.1 Å². The highest BCUT2D eigenvalue weighted by molar-refractivity contribution is 6.42. The Morgan fingerprint density at radius 2 is 2.10 bits per heavy atom. The maximum atomic E-state index is 11.8. The molecule has 0 aliphatic carbocycles. The summed E-state index contributed by atoms with van der Waals surface area (Å²) in [5.41, 5.74) is 0.754. The summed E-state index contributed by atoms with van der Waals surface area (Å²) in [7, 11) is 0. The molecule has 0 spiro atoms. The third-order valence-electron chi connectivity index (χ3n) is 2.71. The Balaban J connectivity index is 1.85. The van der Waals surface area contributed by atoms with Crippen LogP contribution in [-0.4, -0.2) is 17.6 Å². The van der Waals surface area contributed by atoms with E-state index in [9.17, 15) is 9.90 Å². The van der Waals surface area contributed by atoms with Crippen LogP contribution in [0.1, 0.15) is 17.4 Å². The summed E-state index contributed by atoms with van der Waals surface area (Å²) in [6.07, 6.45) is 0.778. The molecule has 1 atom stereocenters. The zero-order valence-corrected chi connectivity index (χ0v) is 12.0. The van der Waals surface area contributed by atoms with Crippen LogP contribution >= 0.6 is 23.2 Å². The molecule has 1 heterocycles. The quantitative estimate of drug-likeness (QED) is 0.892. The summed E-state index contributed by atoms with van der Waals surface area (Å²) < 4.78 is 5.04. The predicted molar refractivity (Wildman–Crippen MR) is 76.8 cm³/mol. The molecule has 1 unspecified atom stereocenters. The number of carbonyl (C=O) groups excluding carboxylic acids is 1. The number of amides is 1. The van der Waals surface area contributed by atoms with E-state index in [0.717, 1.165) is 5.56 Å². The summed E-state index contributed by atoms with van der Waals surface area (Å²) in [6, 6.07) is 8.35. The summed E-state index contributed by atoms with van der Waals surface area (Å²) >= 11 is 11.7. The van der Waals surface area contributed by atoms with Crippen LogP contribution in [-0.2, 0) is 11.2 Å². The smallest absolute Gasteiger partial charge is 0.224 e. The Hall–Kier alpha value is -1.49. The topological polar surface area (TPSA) is 62.5 Å². The largest absolute Gasteiger partial charge is 0.467 e. The molecule has 20 heavy (non-hydrogen) atoms. The van der Waals surface area contributed by atoms with Crippen LogP contribution in [0.3, 0.4) is 0 Å². The van der Waals surface area contributed by atoms with Gasteiger partial charge in [0, 0.05) is 0 Å². The zero-order chi connectivity index (χ0) is 14.5. The number of hydrogen-bond acceptors (Lipinski definition) is 3. The predicted octanol–water partition coefficient (Wildman–Crippen LogP) is 2.98. The molecule has 4 nitrogen and oxygen atoms in total. The van der Waals surface area contributed by atoms with Gasteiger partial charge in [0.25, 0.3) is 0 Å². The number of furan rings is 1. The molecule has 0 bridgehead atoms. The molecule has 0 saturated carbocycles. The van der Waals surface area contributed by atoms with E-state index in [0.29, 0.717) is 15.8 Å². The minimum absolute atomic E-state index is 0.0909. The second-order valence-electron chi connectivity index (χ2n) is 4.26. The number of halogens is 2. The van der Waals surface area contributed by atoms with Gasteiger partial charge in [-0.25, -0.2) is 0 Å². The van der Waals surface area contributed by atoms with Crippen LogP contribution in [0.4, 0.5) is 0 Å². The van der Waals surface area contributed by atoms with Gasteiger partial charge in [0.05, 0.1) is 29.3 Å². The number of aliphatic hydroxyl groups is 1. The first-order valence-electron chi connectivity index (χ1n) is 5.98. The SMILES string of the molecule is O=C(Cc1ccc(Cl)c(Cl)c1)NCC(O)c1ccco1. The fraction of sp³-hybridized carbons (Fsp3) is 0.214. The number of aliphatic hydroxyl groups excluding tert-OH is 1. The second kappa shape index (κ2) is 6.79. The van der Waals surface area contributed by atoms with Crippen LogP contribution in [0.15, 0.2) is 41.0 Å². The van der Waals surface area contributed by atoms with Crippen molar-refractivity contribution in [3.63, 3.8) is 0 Å². The molecule has 1 aromatic carbocycles. The van der Waals surface area contributed by atoms with Crippen LogP contribution in [0.5, 0.6) is 0 Å². The Labute approximate surface area is 126 Å². The molecule has 0 aliphatic rings. The zero-order valence-electron chi connectivity index (χ0n) is 10.5. The number of hydrogen-bond donors (Lipinski definition) is 2. The van der Waals surface area contributed by atoms with E-state index in [1.807, 2.05) is 0 Å². The van der Waals surface area contributed by atoms with E-state index in [4.69, 9.17) is 27.6 Å². The third-order valence-corrected chi connectivity index (χ3v) is 3.45. The van der Waals surface area contributed by atoms with Gasteiger partial charge in [0.15, 0.2) is 0 Å². The van der Waals surface area contributed by atoms with Crippen molar-refractivity contribution in [2.24, 2.45) is 0 Å². The Morgan fingerprint density at radius 1 is 1.30 bits per heavy atom. The highest BCUT2D eigenvalue weighted by Gasteiger charge is 2.12. The van der Waals surface area contributed by atoms with Crippen molar-refractivity contribution in [1.82, 2.24) is 5.32 Å². The van der Waals surface area contributed by atoms with E-state index in [1.54, 1.807) is 30.3 Å². The van der Waals surface area contributed by atoms with Gasteiger partial charge in [-0.3, -0.25) is 4.79 Å². The van der Waals surface area contributed by atoms with Crippen molar-refractivity contribution in [3.05, 3.63) is 58.0 Å². The lowest BCUT2D eigenvalue weighted by Gasteiger charge is -2.10. The molecule has 1 amide bonds. The summed E-state index contributed by atoms with van der Waals surface area (Å²) in [6.45, 7) is 0.0909. The van der Waals surface area contributed by atoms with Gasteiger partial charge < -0.3 is 14.8 Å². The minimum atomic E-state index is -0.859. The van der Waals surface area contributed by atoms with Crippen molar-refractivity contribution in [2.75, 3.05) is 6.54 Å². The van der Waals surface area contributed by atoms with Crippen molar-refractivity contribution in [1.29, 1.82) is 0 Å². The maximum absolute atomic E-state index is 11.8. The fourth-order valence-corrected chi connectivity index (χ4v) is 2.01. The summed E-state index contributed by atoms with van der Waals surface area (Å²) in [5, 5.41) is 13.2. The standard InChI is InChI=1S/C14H13Cl2NO3/c15-10-4-3-9(6-11(10)16)7-14(19)17-8-12(18)13-2-1-5-20-13/h1-6,12,18H,7-8H2,(H,17,19). The normalized spacial score (nSPS) is 12.2. The molecule has 6 heteroatoms. The number of rotatable bonds is 5. The Bertz CT molecular complexity index is 584. The molecular formula is C14H13Cl2NO3. The molecule has 2 aromatic rings. The number of nitrogens with one attached hydrogen (secondary N) is 1. The lowest BCUT2D eigenvalue weighted by atomic mass is 10.1. The van der Waals surface area contributed by atoms with Gasteiger partial charge in [0.2, 0.25) is 5.91 Å². The van der Waals surface area contributed by atoms with Gasteiger partial charge in [-0.2, -0.15) is 0 Å². The highest BCUT2D eigenvalue weighted by Crippen LogP contribution is 2.22. The van der Waals surface area contributed by atoms with E-state index in [1.165, 1.54) is 6.26 Å². The monoisotopic (exact) mass is 313 g/mol. The molecule has 0 fully saturated rings. The summed E-state index contributed by atoms with van der Waals surface area (Å²) in [5.74, 6) is 0.203. The average molecular weight is 314 g/mol. The van der Waals surface area contributed by atoms with Gasteiger partial charge in [-0.15, -0.1) is 0 Å². The molecular weight excluding hydrogens is 301 g/mol. The van der Waals surface area contributed by atoms with Crippen LogP contribution in [0, 0.1) is 0 Å². The first-order valence-corrected chi connectivity index (χ1v) is 6.74. The first-order chi connectivity index (χ1) is 9.56. The Kier molecular flexibility index (Phi) is 5.06. The van der Waals surface area contributed by atoms with E-state index < -0.39 is 6.10 Å². The van der Waals surface area contributed by atoms with Gasteiger partial charge in [0.1, 0.15) is 11.9 Å². The number of carbonyl (C=O) groups is 1. The lowest BCUT2D eigenvalue weighted by Crippen LogP contribution is -2.29. The molecule has 0 radical (unpaired) electrons. The van der Waals surface area contributed by atoms with Gasteiger partial charge >= 0.3 is 0 Å². The molecule has 0 saturated heterocycles. The van der Waals surface area contributed by atoms with E-state index >= 15 is 0 Å². The van der Waals surface area contributed by atoms with Gasteiger partial charge in [-0.1, -0.05) is 29.3 Å². The average Bonchev–Trinajstić information content (AvgIpc) is 2.94. The second-order valence-corrected chi connectivity index (χ2v) is 5.07. The Morgan fingerprint density at radius 3 is 2.75 bits per heavy atom. The van der Waals surface area contributed by atoms with E-state index in [-0.39, 0.29) is 18.9 Å². The van der Waals surface area contributed by atoms with Gasteiger partial charge in [-0.05, 0) is 29.8 Å². The van der Waals surface area contributed by atoms with Crippen molar-refractivity contribution in [2.45, 2.75) is 12.5 Å². The minimum Gasteiger partial charge on any atom is -0.467 e. The molecule has 106 valence electrons. The molecule has 2 N–H and O–H groups in total. The fourth-order valence-electron chi connectivity index (χ4n) is 1.69. The first kappa shape index (κ1) is 14.9. The molecule has 2 rings (SSSR count). The van der Waals surface area contributed by atoms with Crippen LogP contribution in [0.2, 0.25) is 10.0 Å². The van der Waals surface area contributed by atoms with Crippen molar-refractivity contribution in [3.8, 4) is 0 Å². The summed E-state index contributed by atoms with van der Waals surface area (Å²) in [4.78, 5) is 11.8. The maximum Gasteiger partial charge on any atom is 0.224 e. The van der Waals surface area contributed by atoms with Crippen LogP contribution < -0.4 is 5.32 Å². The van der Waals surface area contributed by atoms with Crippen molar-refractivity contribution < 1.29 is 14.3 Å². The number of benzene rings is 1. The third kappa shape index (κ3) is 4.00. The molecule has 0 aliphatic heterocycles. The lowest BCUT2D eigenvalue weighted by molar-refractivity contribution is -0.120. The molecule has 1 aromatic heterocycles. The highest BCUT2D eigenvalue weighted by atomic mass is 35.5. The van der Waals surface area contributed by atoms with Crippen LogP contribution in [0.25, 0.3) is 0 Å².